The van der Waals surface area contributed by atoms with Crippen LogP contribution in [0.3, 0.4) is 0 Å². The van der Waals surface area contributed by atoms with Crippen molar-refractivity contribution >= 4 is 22.6 Å². The second-order valence-corrected chi connectivity index (χ2v) is 8.02. The lowest BCUT2D eigenvalue weighted by atomic mass is 10.2. The maximum absolute atomic E-state index is 13.2. The van der Waals surface area contributed by atoms with Crippen molar-refractivity contribution in [1.82, 2.24) is 25.1 Å². The van der Waals surface area contributed by atoms with Gasteiger partial charge in [-0.05, 0) is 30.7 Å². The van der Waals surface area contributed by atoms with Gasteiger partial charge in [-0.3, -0.25) is 14.8 Å². The summed E-state index contributed by atoms with van der Waals surface area (Å²) in [5.41, 5.74) is 2.43. The van der Waals surface area contributed by atoms with E-state index in [1.165, 1.54) is 13.1 Å². The monoisotopic (exact) mass is 474 g/mol. The summed E-state index contributed by atoms with van der Waals surface area (Å²) in [7, 11) is 0. The third-order valence-electron chi connectivity index (χ3n) is 5.53. The summed E-state index contributed by atoms with van der Waals surface area (Å²) in [6, 6.07) is 6.94. The highest BCUT2D eigenvalue weighted by atomic mass is 19.4. The highest BCUT2D eigenvalue weighted by molar-refractivity contribution is 6.06. The van der Waals surface area contributed by atoms with Crippen LogP contribution in [0.4, 0.5) is 18.9 Å². The summed E-state index contributed by atoms with van der Waals surface area (Å²) in [5.74, 6) is -1.95. The maximum Gasteiger partial charge on any atom is 0.450 e. The fourth-order valence-electron chi connectivity index (χ4n) is 3.93. The molecule has 4 aromatic rings. The number of carbonyl (C=O) groups excluding carboxylic acids is 1. The number of rotatable bonds is 5. The third-order valence-corrected chi connectivity index (χ3v) is 5.53. The van der Waals surface area contributed by atoms with Gasteiger partial charge in [-0.15, -0.1) is 0 Å². The van der Waals surface area contributed by atoms with Gasteiger partial charge in [-0.25, -0.2) is 4.98 Å². The van der Waals surface area contributed by atoms with Gasteiger partial charge in [0.15, 0.2) is 11.5 Å². The lowest BCUT2D eigenvalue weighted by molar-refractivity contribution is -0.153. The number of morpholine rings is 1. The Morgan fingerprint density at radius 1 is 1.24 bits per heavy atom. The molecule has 1 aliphatic heterocycles. The molecule has 1 aliphatic rings. The Balaban J connectivity index is 1.38. The molecule has 0 atom stereocenters. The number of aromatic nitrogens is 4. The number of hydrogen-bond acceptors (Lipinski definition) is 6. The molecule has 34 heavy (non-hydrogen) atoms. The van der Waals surface area contributed by atoms with E-state index in [1.807, 2.05) is 18.2 Å². The number of amides is 1. The number of anilines is 1. The Kier molecular flexibility index (Phi) is 5.62. The standard InChI is InChI=1S/C22H21F3N6O3/c1-12-8-14(19(34-12)22(23,24)25)21(32)29-17-10-26-30-18(17)20-27-15-3-2-13(9-16(15)28-20)11-31-4-6-33-7-5-31/h2-3,8-10H,4-7,11H2,1H3,(H,26,30)(H,27,28)(H,29,32). The number of benzene rings is 1. The zero-order valence-electron chi connectivity index (χ0n) is 18.1. The molecule has 1 amide bonds. The number of aryl methyl sites for hydroxylation is 1. The molecule has 4 heterocycles. The zero-order chi connectivity index (χ0) is 23.9. The van der Waals surface area contributed by atoms with Crippen molar-refractivity contribution in [2.75, 3.05) is 31.6 Å². The first kappa shape index (κ1) is 22.2. The first-order chi connectivity index (χ1) is 16.3. The van der Waals surface area contributed by atoms with Crippen molar-refractivity contribution in [2.24, 2.45) is 0 Å². The number of carbonyl (C=O) groups is 1. The fourth-order valence-corrected chi connectivity index (χ4v) is 3.93. The Labute approximate surface area is 191 Å². The number of ether oxygens (including phenoxy) is 1. The lowest BCUT2D eigenvalue weighted by Gasteiger charge is -2.26. The summed E-state index contributed by atoms with van der Waals surface area (Å²) in [6.45, 7) is 5.28. The normalized spacial score (nSPS) is 15.2. The SMILES string of the molecule is Cc1cc(C(=O)Nc2c[nH]nc2-c2nc3cc(CN4CCOCC4)ccc3[nH]2)c(C(F)(F)F)o1. The summed E-state index contributed by atoms with van der Waals surface area (Å²) >= 11 is 0. The molecule has 12 heteroatoms. The fraction of sp³-hybridized carbons (Fsp3) is 0.318. The molecule has 0 saturated carbocycles. The largest absolute Gasteiger partial charge is 0.456 e. The molecule has 9 nitrogen and oxygen atoms in total. The van der Waals surface area contributed by atoms with Crippen LogP contribution in [0.2, 0.25) is 0 Å². The highest BCUT2D eigenvalue weighted by Crippen LogP contribution is 2.35. The number of nitrogens with zero attached hydrogens (tertiary/aromatic N) is 3. The van der Waals surface area contributed by atoms with Crippen molar-refractivity contribution < 1.29 is 27.1 Å². The third kappa shape index (κ3) is 4.41. The quantitative estimate of drug-likeness (QED) is 0.404. The van der Waals surface area contributed by atoms with Crippen LogP contribution in [0, 0.1) is 6.92 Å². The molecule has 3 aromatic heterocycles. The van der Waals surface area contributed by atoms with Crippen LogP contribution < -0.4 is 5.32 Å². The van der Waals surface area contributed by atoms with Gasteiger partial charge in [-0.2, -0.15) is 18.3 Å². The molecule has 0 spiro atoms. The zero-order valence-corrected chi connectivity index (χ0v) is 18.1. The number of H-pyrrole nitrogens is 2. The molecule has 1 saturated heterocycles. The van der Waals surface area contributed by atoms with Gasteiger partial charge in [0.2, 0.25) is 5.76 Å². The van der Waals surface area contributed by atoms with E-state index in [9.17, 15) is 18.0 Å². The van der Waals surface area contributed by atoms with Crippen molar-refractivity contribution in [3.63, 3.8) is 0 Å². The average molecular weight is 474 g/mol. The molecular formula is C22H21F3N6O3. The highest BCUT2D eigenvalue weighted by Gasteiger charge is 2.40. The summed E-state index contributed by atoms with van der Waals surface area (Å²) in [4.78, 5) is 22.6. The molecular weight excluding hydrogens is 453 g/mol. The van der Waals surface area contributed by atoms with Crippen molar-refractivity contribution in [3.05, 3.63) is 53.1 Å². The van der Waals surface area contributed by atoms with Crippen LogP contribution in [0.1, 0.15) is 27.4 Å². The van der Waals surface area contributed by atoms with Gasteiger partial charge in [0.1, 0.15) is 5.76 Å². The summed E-state index contributed by atoms with van der Waals surface area (Å²) < 4.78 is 49.8. The predicted octanol–water partition coefficient (Wildman–Crippen LogP) is 3.96. The maximum atomic E-state index is 13.2. The Morgan fingerprint density at radius 2 is 2.03 bits per heavy atom. The Hall–Kier alpha value is -3.64. The molecule has 0 aliphatic carbocycles. The number of hydrogen-bond donors (Lipinski definition) is 3. The van der Waals surface area contributed by atoms with Gasteiger partial charge in [0.25, 0.3) is 5.91 Å². The van der Waals surface area contributed by atoms with E-state index >= 15 is 0 Å². The van der Waals surface area contributed by atoms with Crippen LogP contribution in [0.15, 0.2) is 34.9 Å². The van der Waals surface area contributed by atoms with E-state index < -0.39 is 23.4 Å². The van der Waals surface area contributed by atoms with E-state index in [0.29, 0.717) is 24.6 Å². The number of imidazole rings is 1. The first-order valence-corrected chi connectivity index (χ1v) is 10.6. The number of furan rings is 1. The molecule has 0 bridgehead atoms. The van der Waals surface area contributed by atoms with Gasteiger partial charge < -0.3 is 19.5 Å². The number of halogens is 3. The number of aromatic amines is 2. The van der Waals surface area contributed by atoms with Gasteiger partial charge in [0, 0.05) is 25.8 Å². The van der Waals surface area contributed by atoms with Gasteiger partial charge in [-0.1, -0.05) is 6.07 Å². The van der Waals surface area contributed by atoms with Gasteiger partial charge in [0.05, 0.1) is 35.5 Å². The second-order valence-electron chi connectivity index (χ2n) is 8.02. The molecule has 3 N–H and O–H groups in total. The molecule has 0 radical (unpaired) electrons. The van der Waals surface area contributed by atoms with Crippen molar-refractivity contribution in [1.29, 1.82) is 0 Å². The van der Waals surface area contributed by atoms with Crippen molar-refractivity contribution in [3.8, 4) is 11.5 Å². The van der Waals surface area contributed by atoms with Crippen molar-refractivity contribution in [2.45, 2.75) is 19.6 Å². The Morgan fingerprint density at radius 3 is 2.79 bits per heavy atom. The van der Waals surface area contributed by atoms with E-state index in [4.69, 9.17) is 9.15 Å². The molecule has 5 rings (SSSR count). The molecule has 1 aromatic carbocycles. The topological polar surface area (TPSA) is 112 Å². The average Bonchev–Trinajstić information content (AvgIpc) is 3.51. The van der Waals surface area contributed by atoms with Crippen LogP contribution in [-0.4, -0.2) is 57.3 Å². The van der Waals surface area contributed by atoms with Crippen LogP contribution in [-0.2, 0) is 17.5 Å². The molecule has 1 fully saturated rings. The van der Waals surface area contributed by atoms with E-state index in [1.54, 1.807) is 0 Å². The number of nitrogens with one attached hydrogen (secondary N) is 3. The molecule has 178 valence electrons. The molecule has 0 unspecified atom stereocenters. The smallest absolute Gasteiger partial charge is 0.450 e. The van der Waals surface area contributed by atoms with Gasteiger partial charge >= 0.3 is 6.18 Å². The second kappa shape index (κ2) is 8.61. The summed E-state index contributed by atoms with van der Waals surface area (Å²) in [5, 5.41) is 9.21. The Bertz CT molecular complexity index is 1330. The van der Waals surface area contributed by atoms with Crippen LogP contribution >= 0.6 is 0 Å². The van der Waals surface area contributed by atoms with E-state index in [0.717, 1.165) is 36.8 Å². The lowest BCUT2D eigenvalue weighted by Crippen LogP contribution is -2.35. The minimum absolute atomic E-state index is 0.0185. The number of fused-ring (bicyclic) bond motifs is 1. The minimum Gasteiger partial charge on any atom is -0.456 e. The predicted molar refractivity (Wildman–Crippen MR) is 116 cm³/mol. The number of alkyl halides is 3. The van der Waals surface area contributed by atoms with Crippen LogP contribution in [0.5, 0.6) is 0 Å². The van der Waals surface area contributed by atoms with E-state index in [2.05, 4.69) is 30.4 Å². The first-order valence-electron chi connectivity index (χ1n) is 10.6. The summed E-state index contributed by atoms with van der Waals surface area (Å²) in [6.07, 6.45) is -3.41. The van der Waals surface area contributed by atoms with Crippen LogP contribution in [0.25, 0.3) is 22.6 Å². The van der Waals surface area contributed by atoms with E-state index in [-0.39, 0.29) is 17.1 Å². The minimum atomic E-state index is -4.79.